The Labute approximate surface area is 133 Å². The zero-order valence-corrected chi connectivity index (χ0v) is 13.6. The molecule has 0 aromatic heterocycles. The Hall–Kier alpha value is -1.84. The molecule has 1 saturated heterocycles. The zero-order valence-electron chi connectivity index (χ0n) is 13.6. The number of amides is 2. The molecule has 1 aromatic rings. The largest absolute Gasteiger partial charge is 0.343 e. The minimum Gasteiger partial charge on any atom is -0.343 e. The Morgan fingerprint density at radius 1 is 1.14 bits per heavy atom. The number of likely N-dealkylation sites (tertiary alicyclic amines) is 1. The van der Waals surface area contributed by atoms with Gasteiger partial charge in [-0.15, -0.1) is 0 Å². The van der Waals surface area contributed by atoms with Crippen LogP contribution >= 0.6 is 0 Å². The van der Waals surface area contributed by atoms with Gasteiger partial charge in [-0.3, -0.25) is 9.59 Å². The van der Waals surface area contributed by atoms with Crippen LogP contribution in [0.5, 0.6) is 0 Å². The summed E-state index contributed by atoms with van der Waals surface area (Å²) < 4.78 is 0. The third-order valence-corrected chi connectivity index (χ3v) is 4.43. The minimum absolute atomic E-state index is 0.00661. The summed E-state index contributed by atoms with van der Waals surface area (Å²) in [5.41, 5.74) is 1.10. The number of rotatable bonds is 5. The van der Waals surface area contributed by atoms with Crippen LogP contribution in [0.25, 0.3) is 0 Å². The summed E-state index contributed by atoms with van der Waals surface area (Å²) in [6, 6.07) is 9.95. The van der Waals surface area contributed by atoms with Crippen LogP contribution in [0.15, 0.2) is 30.3 Å². The fraction of sp³-hybridized carbons (Fsp3) is 0.556. The first-order chi connectivity index (χ1) is 10.6. The monoisotopic (exact) mass is 302 g/mol. The van der Waals surface area contributed by atoms with Gasteiger partial charge in [0.2, 0.25) is 11.8 Å². The molecule has 0 spiro atoms. The Morgan fingerprint density at radius 2 is 1.77 bits per heavy atom. The lowest BCUT2D eigenvalue weighted by molar-refractivity contribution is -0.135. The van der Waals surface area contributed by atoms with Crippen LogP contribution in [0.4, 0.5) is 0 Å². The lowest BCUT2D eigenvalue weighted by Crippen LogP contribution is -2.39. The average molecular weight is 302 g/mol. The lowest BCUT2D eigenvalue weighted by Gasteiger charge is -2.31. The smallest absolute Gasteiger partial charge is 0.224 e. The molecular weight excluding hydrogens is 276 g/mol. The van der Waals surface area contributed by atoms with Gasteiger partial charge in [0.05, 0.1) is 6.04 Å². The highest BCUT2D eigenvalue weighted by Crippen LogP contribution is 2.20. The molecule has 0 aliphatic carbocycles. The van der Waals surface area contributed by atoms with E-state index in [0.29, 0.717) is 13.0 Å². The number of hydrogen-bond donors (Lipinski definition) is 0. The average Bonchev–Trinajstić information content (AvgIpc) is 2.56. The quantitative estimate of drug-likeness (QED) is 0.839. The molecule has 4 nitrogen and oxygen atoms in total. The molecule has 2 amide bonds. The molecule has 0 bridgehead atoms. The number of benzene rings is 1. The van der Waals surface area contributed by atoms with Gasteiger partial charge in [0.15, 0.2) is 0 Å². The number of hydrogen-bond acceptors (Lipinski definition) is 2. The topological polar surface area (TPSA) is 40.6 Å². The molecule has 1 aromatic carbocycles. The van der Waals surface area contributed by atoms with Gasteiger partial charge in [-0.2, -0.15) is 0 Å². The van der Waals surface area contributed by atoms with E-state index in [1.807, 2.05) is 42.2 Å². The van der Waals surface area contributed by atoms with Crippen molar-refractivity contribution < 1.29 is 9.59 Å². The summed E-state index contributed by atoms with van der Waals surface area (Å²) in [6.07, 6.45) is 3.83. The van der Waals surface area contributed by atoms with Crippen LogP contribution < -0.4 is 0 Å². The van der Waals surface area contributed by atoms with Crippen LogP contribution in [0.3, 0.4) is 0 Å². The molecule has 1 aliphatic rings. The number of carbonyl (C=O) groups excluding carboxylic acids is 2. The van der Waals surface area contributed by atoms with E-state index in [0.717, 1.165) is 31.5 Å². The molecule has 0 N–H and O–H groups in total. The number of carbonyl (C=O) groups is 2. The third-order valence-electron chi connectivity index (χ3n) is 4.43. The van der Waals surface area contributed by atoms with Crippen LogP contribution in [0.1, 0.15) is 51.1 Å². The highest BCUT2D eigenvalue weighted by Gasteiger charge is 2.21. The van der Waals surface area contributed by atoms with Crippen molar-refractivity contribution >= 4 is 11.8 Å². The van der Waals surface area contributed by atoms with Gasteiger partial charge in [-0.05, 0) is 31.7 Å². The fourth-order valence-corrected chi connectivity index (χ4v) is 3.05. The summed E-state index contributed by atoms with van der Waals surface area (Å²) in [5, 5.41) is 0. The van der Waals surface area contributed by atoms with Crippen LogP contribution in [0, 0.1) is 0 Å². The van der Waals surface area contributed by atoms with Gasteiger partial charge in [0.25, 0.3) is 0 Å². The molecule has 1 aliphatic heterocycles. The second-order valence-corrected chi connectivity index (χ2v) is 5.99. The van der Waals surface area contributed by atoms with Gasteiger partial charge in [0, 0.05) is 33.0 Å². The van der Waals surface area contributed by atoms with E-state index in [-0.39, 0.29) is 17.9 Å². The SMILES string of the molecule is CC(=O)N(CCC(=O)N1CCCCC1)C(C)c1ccccc1. The highest BCUT2D eigenvalue weighted by atomic mass is 16.2. The normalized spacial score (nSPS) is 16.2. The molecule has 2 rings (SSSR count). The summed E-state index contributed by atoms with van der Waals surface area (Å²) in [6.45, 7) is 5.81. The van der Waals surface area contributed by atoms with E-state index >= 15 is 0 Å². The third kappa shape index (κ3) is 4.33. The molecule has 22 heavy (non-hydrogen) atoms. The van der Waals surface area contributed by atoms with Gasteiger partial charge < -0.3 is 9.80 Å². The molecule has 1 unspecified atom stereocenters. The predicted molar refractivity (Wildman–Crippen MR) is 87.3 cm³/mol. The zero-order chi connectivity index (χ0) is 15.9. The lowest BCUT2D eigenvalue weighted by atomic mass is 10.1. The summed E-state index contributed by atoms with van der Waals surface area (Å²) >= 11 is 0. The van der Waals surface area contributed by atoms with E-state index in [1.165, 1.54) is 6.42 Å². The highest BCUT2D eigenvalue weighted by molar-refractivity contribution is 5.78. The van der Waals surface area contributed by atoms with Gasteiger partial charge >= 0.3 is 0 Å². The van der Waals surface area contributed by atoms with Crippen molar-refractivity contribution in [3.8, 4) is 0 Å². The summed E-state index contributed by atoms with van der Waals surface area (Å²) in [7, 11) is 0. The summed E-state index contributed by atoms with van der Waals surface area (Å²) in [5.74, 6) is 0.189. The molecule has 1 fully saturated rings. The van der Waals surface area contributed by atoms with Crippen molar-refractivity contribution in [3.05, 3.63) is 35.9 Å². The van der Waals surface area contributed by atoms with E-state index in [4.69, 9.17) is 0 Å². The molecule has 0 saturated carbocycles. The maximum atomic E-state index is 12.3. The minimum atomic E-state index is -0.00661. The fourth-order valence-electron chi connectivity index (χ4n) is 3.05. The second-order valence-electron chi connectivity index (χ2n) is 5.99. The maximum absolute atomic E-state index is 12.3. The van der Waals surface area contributed by atoms with Crippen molar-refractivity contribution in [2.24, 2.45) is 0 Å². The second kappa shape index (κ2) is 7.97. The van der Waals surface area contributed by atoms with Crippen molar-refractivity contribution in [2.45, 2.75) is 45.6 Å². The van der Waals surface area contributed by atoms with Crippen molar-refractivity contribution in [1.29, 1.82) is 0 Å². The Balaban J connectivity index is 1.94. The number of nitrogens with zero attached hydrogens (tertiary/aromatic N) is 2. The van der Waals surface area contributed by atoms with Crippen LogP contribution in [-0.2, 0) is 9.59 Å². The first-order valence-electron chi connectivity index (χ1n) is 8.19. The van der Waals surface area contributed by atoms with Crippen LogP contribution in [0.2, 0.25) is 0 Å². The first-order valence-corrected chi connectivity index (χ1v) is 8.19. The van der Waals surface area contributed by atoms with Gasteiger partial charge in [-0.25, -0.2) is 0 Å². The van der Waals surface area contributed by atoms with Gasteiger partial charge in [0.1, 0.15) is 0 Å². The first kappa shape index (κ1) is 16.5. The van der Waals surface area contributed by atoms with Crippen molar-refractivity contribution in [3.63, 3.8) is 0 Å². The summed E-state index contributed by atoms with van der Waals surface area (Å²) in [4.78, 5) is 27.9. The Morgan fingerprint density at radius 3 is 2.36 bits per heavy atom. The molecular formula is C18H26N2O2. The standard InChI is InChI=1S/C18H26N2O2/c1-15(17-9-5-3-6-10-17)20(16(2)21)14-11-18(22)19-12-7-4-8-13-19/h3,5-6,9-10,15H,4,7-8,11-14H2,1-2H3. The molecule has 0 radical (unpaired) electrons. The molecule has 4 heteroatoms. The van der Waals surface area contributed by atoms with Crippen molar-refractivity contribution in [2.75, 3.05) is 19.6 Å². The van der Waals surface area contributed by atoms with Crippen LogP contribution in [-0.4, -0.2) is 41.2 Å². The van der Waals surface area contributed by atoms with E-state index in [9.17, 15) is 9.59 Å². The predicted octanol–water partition coefficient (Wildman–Crippen LogP) is 3.00. The van der Waals surface area contributed by atoms with E-state index in [1.54, 1.807) is 11.8 Å². The molecule has 1 atom stereocenters. The Bertz CT molecular complexity index is 495. The Kier molecular flexibility index (Phi) is 5.99. The van der Waals surface area contributed by atoms with E-state index < -0.39 is 0 Å². The molecule has 120 valence electrons. The number of piperidine rings is 1. The maximum Gasteiger partial charge on any atom is 0.224 e. The van der Waals surface area contributed by atoms with Crippen molar-refractivity contribution in [1.82, 2.24) is 9.80 Å². The van der Waals surface area contributed by atoms with E-state index in [2.05, 4.69) is 0 Å². The van der Waals surface area contributed by atoms with Gasteiger partial charge in [-0.1, -0.05) is 30.3 Å². The molecule has 1 heterocycles.